The molecule has 0 fully saturated rings. The van der Waals surface area contributed by atoms with Crippen LogP contribution in [0.4, 0.5) is 5.69 Å². The number of aromatic amines is 1. The topological polar surface area (TPSA) is 53.6 Å². The fraction of sp³-hybridized carbons (Fsp3) is 0.0667. The normalized spacial score (nSPS) is 10.4. The molecule has 2 heterocycles. The second kappa shape index (κ2) is 4.94. The van der Waals surface area contributed by atoms with E-state index in [9.17, 15) is 0 Å². The van der Waals surface area contributed by atoms with Crippen LogP contribution in [-0.4, -0.2) is 22.0 Å². The molecular formula is C15H14N4. The number of rotatable bonds is 3. The van der Waals surface area contributed by atoms with Gasteiger partial charge in [0.2, 0.25) is 0 Å². The van der Waals surface area contributed by atoms with Gasteiger partial charge >= 0.3 is 0 Å². The van der Waals surface area contributed by atoms with Crippen LogP contribution in [0.1, 0.15) is 0 Å². The summed E-state index contributed by atoms with van der Waals surface area (Å²) in [7, 11) is 1.90. The Kier molecular flexibility index (Phi) is 2.98. The molecule has 0 saturated carbocycles. The van der Waals surface area contributed by atoms with Gasteiger partial charge in [0.15, 0.2) is 5.82 Å². The summed E-state index contributed by atoms with van der Waals surface area (Å²) in [5.41, 5.74) is 3.94. The van der Waals surface area contributed by atoms with Crippen LogP contribution in [0, 0.1) is 0 Å². The summed E-state index contributed by atoms with van der Waals surface area (Å²) in [5, 5.41) is 3.12. The van der Waals surface area contributed by atoms with Crippen molar-refractivity contribution in [1.29, 1.82) is 0 Å². The third kappa shape index (κ3) is 2.33. The van der Waals surface area contributed by atoms with Gasteiger partial charge in [0.05, 0.1) is 11.4 Å². The quantitative estimate of drug-likeness (QED) is 0.750. The Morgan fingerprint density at radius 1 is 1.11 bits per heavy atom. The molecule has 0 atom stereocenters. The minimum Gasteiger partial charge on any atom is -0.388 e. The van der Waals surface area contributed by atoms with E-state index in [0.29, 0.717) is 0 Å². The van der Waals surface area contributed by atoms with Crippen molar-refractivity contribution in [2.24, 2.45) is 0 Å². The fourth-order valence-electron chi connectivity index (χ4n) is 1.95. The predicted molar refractivity (Wildman–Crippen MR) is 76.8 cm³/mol. The van der Waals surface area contributed by atoms with Crippen LogP contribution < -0.4 is 5.32 Å². The summed E-state index contributed by atoms with van der Waals surface area (Å²) in [6, 6.07) is 13.9. The van der Waals surface area contributed by atoms with Crippen molar-refractivity contribution >= 4 is 5.69 Å². The number of nitrogens with one attached hydrogen (secondary N) is 2. The molecule has 2 N–H and O–H groups in total. The summed E-state index contributed by atoms with van der Waals surface area (Å²) in [6.07, 6.45) is 3.67. The molecule has 4 heteroatoms. The maximum Gasteiger partial charge on any atom is 0.159 e. The average Bonchev–Trinajstić information content (AvgIpc) is 3.02. The molecule has 0 amide bonds. The Balaban J connectivity index is 2.03. The first-order chi connectivity index (χ1) is 9.36. The van der Waals surface area contributed by atoms with Gasteiger partial charge in [0.25, 0.3) is 0 Å². The van der Waals surface area contributed by atoms with Gasteiger partial charge in [-0.2, -0.15) is 0 Å². The lowest BCUT2D eigenvalue weighted by atomic mass is 10.2. The molecule has 3 aromatic rings. The molecule has 0 radical (unpaired) electrons. The van der Waals surface area contributed by atoms with Crippen molar-refractivity contribution in [3.05, 3.63) is 54.9 Å². The summed E-state index contributed by atoms with van der Waals surface area (Å²) in [6.45, 7) is 0. The molecule has 0 aliphatic rings. The molecule has 0 unspecified atom stereocenters. The van der Waals surface area contributed by atoms with Gasteiger partial charge in [-0.25, -0.2) is 9.97 Å². The van der Waals surface area contributed by atoms with E-state index in [4.69, 9.17) is 0 Å². The molecule has 4 nitrogen and oxygen atoms in total. The van der Waals surface area contributed by atoms with Crippen molar-refractivity contribution < 1.29 is 0 Å². The highest BCUT2D eigenvalue weighted by atomic mass is 14.9. The summed E-state index contributed by atoms with van der Waals surface area (Å²) in [4.78, 5) is 12.1. The Labute approximate surface area is 111 Å². The van der Waals surface area contributed by atoms with Crippen LogP contribution in [0.5, 0.6) is 0 Å². The lowest BCUT2D eigenvalue weighted by Crippen LogP contribution is -1.93. The zero-order valence-electron chi connectivity index (χ0n) is 10.6. The standard InChI is InChI=1S/C15H14N4/c1-16-12-5-2-4-11(10-12)15-18-9-7-14(19-15)13-6-3-8-17-13/h2-10,16-17H,1H3. The van der Waals surface area contributed by atoms with Crippen LogP contribution in [0.2, 0.25) is 0 Å². The van der Waals surface area contributed by atoms with Crippen LogP contribution in [0.3, 0.4) is 0 Å². The van der Waals surface area contributed by atoms with E-state index >= 15 is 0 Å². The summed E-state index contributed by atoms with van der Waals surface area (Å²) < 4.78 is 0. The number of hydrogen-bond acceptors (Lipinski definition) is 3. The van der Waals surface area contributed by atoms with Crippen molar-refractivity contribution in [2.75, 3.05) is 12.4 Å². The highest BCUT2D eigenvalue weighted by Gasteiger charge is 2.05. The largest absolute Gasteiger partial charge is 0.388 e. The number of H-pyrrole nitrogens is 1. The molecule has 0 saturated heterocycles. The molecule has 3 rings (SSSR count). The molecule has 0 spiro atoms. The second-order valence-corrected chi connectivity index (χ2v) is 4.18. The maximum absolute atomic E-state index is 4.59. The van der Waals surface area contributed by atoms with E-state index in [1.807, 2.05) is 55.7 Å². The highest BCUT2D eigenvalue weighted by Crippen LogP contribution is 2.21. The Bertz CT molecular complexity index is 674. The lowest BCUT2D eigenvalue weighted by molar-refractivity contribution is 1.17. The van der Waals surface area contributed by atoms with Crippen LogP contribution in [0.15, 0.2) is 54.9 Å². The van der Waals surface area contributed by atoms with Crippen molar-refractivity contribution in [2.45, 2.75) is 0 Å². The monoisotopic (exact) mass is 250 g/mol. The van der Waals surface area contributed by atoms with Gasteiger partial charge in [-0.3, -0.25) is 0 Å². The first-order valence-corrected chi connectivity index (χ1v) is 6.12. The van der Waals surface area contributed by atoms with E-state index < -0.39 is 0 Å². The van der Waals surface area contributed by atoms with Gasteiger partial charge in [0.1, 0.15) is 0 Å². The minimum absolute atomic E-state index is 0.726. The molecule has 94 valence electrons. The van der Waals surface area contributed by atoms with E-state index in [0.717, 1.165) is 28.5 Å². The molecule has 2 aromatic heterocycles. The fourth-order valence-corrected chi connectivity index (χ4v) is 1.95. The Morgan fingerprint density at radius 2 is 2.05 bits per heavy atom. The van der Waals surface area contributed by atoms with Gasteiger partial charge in [0, 0.05) is 30.7 Å². The first-order valence-electron chi connectivity index (χ1n) is 6.12. The molecule has 0 aliphatic carbocycles. The Hall–Kier alpha value is -2.62. The smallest absolute Gasteiger partial charge is 0.159 e. The number of aromatic nitrogens is 3. The van der Waals surface area contributed by atoms with Crippen LogP contribution >= 0.6 is 0 Å². The van der Waals surface area contributed by atoms with Gasteiger partial charge < -0.3 is 10.3 Å². The molecule has 19 heavy (non-hydrogen) atoms. The zero-order valence-corrected chi connectivity index (χ0v) is 10.6. The lowest BCUT2D eigenvalue weighted by Gasteiger charge is -2.05. The third-order valence-electron chi connectivity index (χ3n) is 2.94. The van der Waals surface area contributed by atoms with Gasteiger partial charge in [-0.1, -0.05) is 12.1 Å². The summed E-state index contributed by atoms with van der Waals surface area (Å²) in [5.74, 6) is 0.726. The maximum atomic E-state index is 4.59. The van der Waals surface area contributed by atoms with Crippen molar-refractivity contribution in [1.82, 2.24) is 15.0 Å². The molecule has 1 aromatic carbocycles. The van der Waals surface area contributed by atoms with Crippen molar-refractivity contribution in [3.63, 3.8) is 0 Å². The molecule has 0 bridgehead atoms. The van der Waals surface area contributed by atoms with Crippen LogP contribution in [0.25, 0.3) is 22.8 Å². The van der Waals surface area contributed by atoms with E-state index in [1.54, 1.807) is 6.20 Å². The number of benzene rings is 1. The third-order valence-corrected chi connectivity index (χ3v) is 2.94. The number of hydrogen-bond donors (Lipinski definition) is 2. The molecular weight excluding hydrogens is 236 g/mol. The second-order valence-electron chi connectivity index (χ2n) is 4.18. The van der Waals surface area contributed by atoms with Crippen molar-refractivity contribution in [3.8, 4) is 22.8 Å². The van der Waals surface area contributed by atoms with E-state index in [-0.39, 0.29) is 0 Å². The number of anilines is 1. The number of nitrogens with zero attached hydrogens (tertiary/aromatic N) is 2. The Morgan fingerprint density at radius 3 is 2.84 bits per heavy atom. The molecule has 0 aliphatic heterocycles. The van der Waals surface area contributed by atoms with Gasteiger partial charge in [-0.15, -0.1) is 0 Å². The van der Waals surface area contributed by atoms with Gasteiger partial charge in [-0.05, 0) is 30.3 Å². The first kappa shape index (κ1) is 11.5. The highest BCUT2D eigenvalue weighted by molar-refractivity contribution is 5.64. The zero-order chi connectivity index (χ0) is 13.1. The summed E-state index contributed by atoms with van der Waals surface area (Å²) >= 11 is 0. The van der Waals surface area contributed by atoms with E-state index in [2.05, 4.69) is 20.3 Å². The van der Waals surface area contributed by atoms with E-state index in [1.165, 1.54) is 0 Å². The minimum atomic E-state index is 0.726. The SMILES string of the molecule is CNc1cccc(-c2nccc(-c3ccc[nH]3)n2)c1. The predicted octanol–water partition coefficient (Wildman–Crippen LogP) is 3.18. The van der Waals surface area contributed by atoms with Crippen LogP contribution in [-0.2, 0) is 0 Å². The average molecular weight is 250 g/mol.